The number of ether oxygens (including phenoxy) is 1. The third kappa shape index (κ3) is 5.40. The van der Waals surface area contributed by atoms with Crippen LogP contribution in [0.4, 0.5) is 5.69 Å². The molecule has 19 heavy (non-hydrogen) atoms. The van der Waals surface area contributed by atoms with E-state index in [0.717, 1.165) is 0 Å². The number of aliphatic hydroxyl groups is 1. The minimum absolute atomic E-state index is 0.00716. The van der Waals surface area contributed by atoms with Gasteiger partial charge in [0.05, 0.1) is 4.92 Å². The van der Waals surface area contributed by atoms with Crippen molar-refractivity contribution >= 4 is 5.69 Å². The highest BCUT2D eigenvalue weighted by Gasteiger charge is 2.18. The minimum atomic E-state index is -1.09. The van der Waals surface area contributed by atoms with Crippen LogP contribution in [0, 0.1) is 22.0 Å². The van der Waals surface area contributed by atoms with Gasteiger partial charge in [-0.15, -0.1) is 0 Å². The molecule has 0 aliphatic rings. The van der Waals surface area contributed by atoms with E-state index >= 15 is 0 Å². The Balaban J connectivity index is 2.83. The van der Waals surface area contributed by atoms with Crippen LogP contribution in [-0.4, -0.2) is 21.2 Å². The topological polar surface area (TPSA) is 72.6 Å². The molecule has 0 aromatic heterocycles. The van der Waals surface area contributed by atoms with Crippen molar-refractivity contribution in [1.82, 2.24) is 0 Å². The van der Waals surface area contributed by atoms with Gasteiger partial charge >= 0.3 is 0 Å². The second kappa shape index (κ2) is 5.29. The molecule has 0 unspecified atom stereocenters. The molecule has 102 valence electrons. The molecule has 0 atom stereocenters. The smallest absolute Gasteiger partial charge is 0.269 e. The first kappa shape index (κ1) is 15.0. The van der Waals surface area contributed by atoms with Crippen LogP contribution in [0.1, 0.15) is 27.7 Å². The van der Waals surface area contributed by atoms with Gasteiger partial charge < -0.3 is 9.84 Å². The van der Waals surface area contributed by atoms with Gasteiger partial charge in [0.1, 0.15) is 11.4 Å². The molecule has 0 bridgehead atoms. The SMILES string of the molecule is CC(C)(O)C#CC(C)(C)Oc1ccc([N+](=O)[O-])cc1. The molecule has 0 amide bonds. The molecular formula is C14H17NO4. The van der Waals surface area contributed by atoms with Crippen molar-refractivity contribution in [3.05, 3.63) is 34.4 Å². The zero-order valence-electron chi connectivity index (χ0n) is 11.4. The average Bonchev–Trinajstić information content (AvgIpc) is 2.26. The summed E-state index contributed by atoms with van der Waals surface area (Å²) in [5, 5.41) is 20.1. The van der Waals surface area contributed by atoms with Gasteiger partial charge in [0, 0.05) is 12.1 Å². The number of hydrogen-bond donors (Lipinski definition) is 1. The number of nitro groups is 1. The summed E-state index contributed by atoms with van der Waals surface area (Å²) in [5.74, 6) is 6.00. The van der Waals surface area contributed by atoms with Gasteiger partial charge in [-0.25, -0.2) is 0 Å². The van der Waals surface area contributed by atoms with E-state index in [2.05, 4.69) is 11.8 Å². The number of non-ortho nitro benzene ring substituents is 1. The second-order valence-corrected chi connectivity index (χ2v) is 5.17. The lowest BCUT2D eigenvalue weighted by Gasteiger charge is -2.21. The summed E-state index contributed by atoms with van der Waals surface area (Å²) < 4.78 is 5.62. The van der Waals surface area contributed by atoms with Crippen LogP contribution >= 0.6 is 0 Å². The van der Waals surface area contributed by atoms with E-state index in [1.54, 1.807) is 27.7 Å². The fourth-order valence-electron chi connectivity index (χ4n) is 1.26. The van der Waals surface area contributed by atoms with Crippen LogP contribution in [0.15, 0.2) is 24.3 Å². The lowest BCUT2D eigenvalue weighted by atomic mass is 10.1. The van der Waals surface area contributed by atoms with E-state index in [1.165, 1.54) is 24.3 Å². The Morgan fingerprint density at radius 2 is 1.68 bits per heavy atom. The van der Waals surface area contributed by atoms with Crippen molar-refractivity contribution in [3.63, 3.8) is 0 Å². The molecule has 1 aromatic carbocycles. The molecule has 0 fully saturated rings. The fourth-order valence-corrected chi connectivity index (χ4v) is 1.26. The summed E-state index contributed by atoms with van der Waals surface area (Å²) in [6.07, 6.45) is 0. The maximum Gasteiger partial charge on any atom is 0.269 e. The first-order chi connectivity index (χ1) is 8.59. The number of nitrogens with zero attached hydrogens (tertiary/aromatic N) is 1. The number of rotatable bonds is 3. The highest BCUT2D eigenvalue weighted by Crippen LogP contribution is 2.21. The summed E-state index contributed by atoms with van der Waals surface area (Å²) in [6.45, 7) is 6.68. The summed E-state index contributed by atoms with van der Waals surface area (Å²) in [5.41, 5.74) is -1.88. The summed E-state index contributed by atoms with van der Waals surface area (Å²) in [6, 6.07) is 5.78. The van der Waals surface area contributed by atoms with Crippen molar-refractivity contribution in [1.29, 1.82) is 0 Å². The highest BCUT2D eigenvalue weighted by molar-refractivity contribution is 5.36. The Morgan fingerprint density at radius 1 is 1.16 bits per heavy atom. The van der Waals surface area contributed by atoms with Gasteiger partial charge in [0.15, 0.2) is 5.60 Å². The van der Waals surface area contributed by atoms with Crippen molar-refractivity contribution in [2.45, 2.75) is 38.9 Å². The van der Waals surface area contributed by atoms with E-state index in [1.807, 2.05) is 0 Å². The normalized spacial score (nSPS) is 11.4. The van der Waals surface area contributed by atoms with Gasteiger partial charge in [0.25, 0.3) is 5.69 Å². The molecule has 0 saturated heterocycles. The molecule has 1 rings (SSSR count). The van der Waals surface area contributed by atoms with Crippen molar-refractivity contribution in [3.8, 4) is 17.6 Å². The highest BCUT2D eigenvalue weighted by atomic mass is 16.6. The number of nitro benzene ring substituents is 1. The largest absolute Gasteiger partial charge is 0.475 e. The van der Waals surface area contributed by atoms with E-state index < -0.39 is 16.1 Å². The van der Waals surface area contributed by atoms with E-state index in [4.69, 9.17) is 4.74 Å². The van der Waals surface area contributed by atoms with Crippen molar-refractivity contribution in [2.24, 2.45) is 0 Å². The summed E-state index contributed by atoms with van der Waals surface area (Å²) in [4.78, 5) is 10.1. The van der Waals surface area contributed by atoms with Crippen LogP contribution in [0.5, 0.6) is 5.75 Å². The van der Waals surface area contributed by atoms with Crippen LogP contribution < -0.4 is 4.74 Å². The Morgan fingerprint density at radius 3 is 2.11 bits per heavy atom. The zero-order chi connectivity index (χ0) is 14.7. The lowest BCUT2D eigenvalue weighted by molar-refractivity contribution is -0.384. The maximum absolute atomic E-state index is 10.5. The van der Waals surface area contributed by atoms with E-state index in [9.17, 15) is 15.2 Å². The Kier molecular flexibility index (Phi) is 4.17. The summed E-state index contributed by atoms with van der Waals surface area (Å²) >= 11 is 0. The Bertz CT molecular complexity index is 515. The number of benzene rings is 1. The van der Waals surface area contributed by atoms with Crippen LogP contribution in [-0.2, 0) is 0 Å². The first-order valence-electron chi connectivity index (χ1n) is 5.79. The third-order valence-electron chi connectivity index (χ3n) is 2.09. The maximum atomic E-state index is 10.5. The third-order valence-corrected chi connectivity index (χ3v) is 2.09. The standard InChI is InChI=1S/C14H17NO4/c1-13(2,16)9-10-14(3,4)19-12-7-5-11(6-8-12)15(17)18/h5-8,16H,1-4H3. The second-order valence-electron chi connectivity index (χ2n) is 5.17. The molecule has 1 N–H and O–H groups in total. The Labute approximate surface area is 112 Å². The molecule has 5 heteroatoms. The quantitative estimate of drug-likeness (QED) is 0.516. The molecular weight excluding hydrogens is 246 g/mol. The predicted molar refractivity (Wildman–Crippen MR) is 71.9 cm³/mol. The van der Waals surface area contributed by atoms with E-state index in [-0.39, 0.29) is 5.69 Å². The van der Waals surface area contributed by atoms with Crippen LogP contribution in [0.3, 0.4) is 0 Å². The molecule has 0 aliphatic carbocycles. The van der Waals surface area contributed by atoms with Crippen LogP contribution in [0.25, 0.3) is 0 Å². The van der Waals surface area contributed by atoms with Gasteiger partial charge in [-0.3, -0.25) is 10.1 Å². The lowest BCUT2D eigenvalue weighted by Crippen LogP contribution is -2.27. The molecule has 0 heterocycles. The molecule has 5 nitrogen and oxygen atoms in total. The summed E-state index contributed by atoms with van der Waals surface area (Å²) in [7, 11) is 0. The molecule has 0 aliphatic heterocycles. The predicted octanol–water partition coefficient (Wildman–Crippen LogP) is 2.53. The van der Waals surface area contributed by atoms with E-state index in [0.29, 0.717) is 5.75 Å². The van der Waals surface area contributed by atoms with Gasteiger partial charge in [-0.05, 0) is 39.8 Å². The first-order valence-corrected chi connectivity index (χ1v) is 5.79. The van der Waals surface area contributed by atoms with Crippen molar-refractivity contribution in [2.75, 3.05) is 0 Å². The fraction of sp³-hybridized carbons (Fsp3) is 0.429. The molecule has 0 spiro atoms. The van der Waals surface area contributed by atoms with Gasteiger partial charge in [-0.2, -0.15) is 0 Å². The van der Waals surface area contributed by atoms with Crippen molar-refractivity contribution < 1.29 is 14.8 Å². The molecule has 0 radical (unpaired) electrons. The minimum Gasteiger partial charge on any atom is -0.475 e. The monoisotopic (exact) mass is 263 g/mol. The van der Waals surface area contributed by atoms with Crippen LogP contribution in [0.2, 0.25) is 0 Å². The Hall–Kier alpha value is -2.06. The van der Waals surface area contributed by atoms with Gasteiger partial charge in [0.2, 0.25) is 0 Å². The zero-order valence-corrected chi connectivity index (χ0v) is 11.4. The average molecular weight is 263 g/mol. The molecule has 1 aromatic rings. The number of hydrogen-bond acceptors (Lipinski definition) is 4. The molecule has 0 saturated carbocycles. The van der Waals surface area contributed by atoms with Gasteiger partial charge in [-0.1, -0.05) is 11.8 Å².